The van der Waals surface area contributed by atoms with Gasteiger partial charge in [-0.3, -0.25) is 9.59 Å². The lowest BCUT2D eigenvalue weighted by Crippen LogP contribution is -2.32. The van der Waals surface area contributed by atoms with Gasteiger partial charge in [-0.15, -0.1) is 0 Å². The Bertz CT molecular complexity index is 727. The molecule has 0 fully saturated rings. The summed E-state index contributed by atoms with van der Waals surface area (Å²) in [6.45, 7) is 3.81. The van der Waals surface area contributed by atoms with E-state index in [1.54, 1.807) is 12.1 Å². The maximum absolute atomic E-state index is 12.6. The van der Waals surface area contributed by atoms with E-state index in [9.17, 15) is 9.59 Å². The molecule has 2 N–H and O–H groups in total. The maximum atomic E-state index is 12.6. The van der Waals surface area contributed by atoms with Crippen molar-refractivity contribution < 1.29 is 9.59 Å². The number of rotatable bonds is 5. The van der Waals surface area contributed by atoms with Crippen LogP contribution in [0.15, 0.2) is 36.4 Å². The second-order valence-corrected chi connectivity index (χ2v) is 5.98. The molecule has 0 aliphatic carbocycles. The lowest BCUT2D eigenvalue weighted by Gasteiger charge is -2.19. The van der Waals surface area contributed by atoms with Gasteiger partial charge in [0.05, 0.1) is 0 Å². The average Bonchev–Trinajstić information content (AvgIpc) is 2.49. The van der Waals surface area contributed by atoms with Gasteiger partial charge in [-0.25, -0.2) is 0 Å². The zero-order valence-corrected chi connectivity index (χ0v) is 14.2. The normalized spacial score (nSPS) is 11.7. The van der Waals surface area contributed by atoms with Gasteiger partial charge < -0.3 is 10.6 Å². The molecular formula is C17H16Cl2N2O2. The average molecular weight is 351 g/mol. The molecule has 2 amide bonds. The number of hydrogen-bond acceptors (Lipinski definition) is 2. The summed E-state index contributed by atoms with van der Waals surface area (Å²) in [5.41, 5.74) is 3.07. The first-order valence-electron chi connectivity index (χ1n) is 6.95. The minimum absolute atomic E-state index is 0.313. The molecule has 2 aromatic carbocycles. The number of para-hydroxylation sites is 1. The van der Waals surface area contributed by atoms with Crippen LogP contribution in [0.5, 0.6) is 0 Å². The van der Waals surface area contributed by atoms with Crippen LogP contribution in [0.3, 0.4) is 0 Å². The van der Waals surface area contributed by atoms with E-state index < -0.39 is 6.04 Å². The van der Waals surface area contributed by atoms with Gasteiger partial charge in [0.2, 0.25) is 6.41 Å². The summed E-state index contributed by atoms with van der Waals surface area (Å²) in [6, 6.07) is 9.59. The van der Waals surface area contributed by atoms with Crippen LogP contribution in [-0.2, 0) is 9.59 Å². The van der Waals surface area contributed by atoms with Crippen molar-refractivity contribution in [3.63, 3.8) is 0 Å². The molecule has 1 atom stereocenters. The van der Waals surface area contributed by atoms with Crippen LogP contribution >= 0.6 is 23.2 Å². The molecule has 6 heteroatoms. The van der Waals surface area contributed by atoms with E-state index in [0.717, 1.165) is 16.8 Å². The number of nitrogens with one attached hydrogen (secondary N) is 2. The summed E-state index contributed by atoms with van der Waals surface area (Å²) in [5, 5.41) is 6.12. The highest BCUT2D eigenvalue weighted by Gasteiger charge is 2.23. The van der Waals surface area contributed by atoms with Gasteiger partial charge in [0.25, 0.3) is 5.91 Å². The molecule has 0 spiro atoms. The molecule has 23 heavy (non-hydrogen) atoms. The maximum Gasteiger partial charge on any atom is 0.251 e. The minimum atomic E-state index is -0.906. The highest BCUT2D eigenvalue weighted by atomic mass is 35.5. The zero-order valence-electron chi connectivity index (χ0n) is 12.7. The van der Waals surface area contributed by atoms with E-state index in [1.165, 1.54) is 6.07 Å². The fourth-order valence-electron chi connectivity index (χ4n) is 2.32. The van der Waals surface area contributed by atoms with Crippen molar-refractivity contribution in [2.24, 2.45) is 0 Å². The van der Waals surface area contributed by atoms with E-state index in [2.05, 4.69) is 10.6 Å². The van der Waals surface area contributed by atoms with Crippen molar-refractivity contribution in [1.29, 1.82) is 0 Å². The third kappa shape index (κ3) is 4.03. The number of halogens is 2. The molecule has 0 heterocycles. The van der Waals surface area contributed by atoms with Gasteiger partial charge in [-0.1, -0.05) is 47.5 Å². The summed E-state index contributed by atoms with van der Waals surface area (Å²) >= 11 is 12.0. The first kappa shape index (κ1) is 17.3. The Balaban J connectivity index is 2.34. The van der Waals surface area contributed by atoms with Gasteiger partial charge in [-0.05, 0) is 37.1 Å². The van der Waals surface area contributed by atoms with E-state index in [4.69, 9.17) is 23.2 Å². The fourth-order valence-corrected chi connectivity index (χ4v) is 2.83. The Labute approximate surface area is 144 Å². The molecule has 120 valence electrons. The molecule has 2 rings (SSSR count). The summed E-state index contributed by atoms with van der Waals surface area (Å²) in [7, 11) is 0. The van der Waals surface area contributed by atoms with Crippen LogP contribution in [0, 0.1) is 13.8 Å². The quantitative estimate of drug-likeness (QED) is 0.799. The fraction of sp³-hybridized carbons (Fsp3) is 0.176. The summed E-state index contributed by atoms with van der Waals surface area (Å²) in [6.07, 6.45) is 0.472. The topological polar surface area (TPSA) is 58.2 Å². The molecule has 0 aliphatic heterocycles. The predicted octanol–water partition coefficient (Wildman–Crippen LogP) is 4.04. The van der Waals surface area contributed by atoms with Crippen LogP contribution < -0.4 is 10.6 Å². The van der Waals surface area contributed by atoms with Crippen molar-refractivity contribution in [3.8, 4) is 0 Å². The Kier molecular flexibility index (Phi) is 5.64. The van der Waals surface area contributed by atoms with Crippen molar-refractivity contribution in [2.45, 2.75) is 19.9 Å². The smallest absolute Gasteiger partial charge is 0.251 e. The van der Waals surface area contributed by atoms with Crippen molar-refractivity contribution >= 4 is 41.2 Å². The second kappa shape index (κ2) is 7.49. The van der Waals surface area contributed by atoms with Crippen molar-refractivity contribution in [3.05, 3.63) is 63.1 Å². The Morgan fingerprint density at radius 2 is 1.78 bits per heavy atom. The minimum Gasteiger partial charge on any atom is -0.343 e. The van der Waals surface area contributed by atoms with Crippen LogP contribution in [-0.4, -0.2) is 12.3 Å². The number of hydrogen-bond donors (Lipinski definition) is 2. The molecule has 4 nitrogen and oxygen atoms in total. The number of carbonyl (C=O) groups is 2. The number of anilines is 1. The summed E-state index contributed by atoms with van der Waals surface area (Å²) in [5.74, 6) is -0.376. The SMILES string of the molecule is Cc1cccc(C)c1NC(=O)[C@@H](NC=O)c1ccc(Cl)cc1Cl. The van der Waals surface area contributed by atoms with Crippen LogP contribution in [0.2, 0.25) is 10.0 Å². The van der Waals surface area contributed by atoms with Gasteiger partial charge in [0.15, 0.2) is 0 Å². The van der Waals surface area contributed by atoms with Gasteiger partial charge in [0.1, 0.15) is 6.04 Å². The van der Waals surface area contributed by atoms with Crippen LogP contribution in [0.25, 0.3) is 0 Å². The van der Waals surface area contributed by atoms with Gasteiger partial charge in [0, 0.05) is 21.3 Å². The number of benzene rings is 2. The molecule has 0 saturated carbocycles. The first-order valence-corrected chi connectivity index (χ1v) is 7.71. The van der Waals surface area contributed by atoms with Gasteiger partial charge >= 0.3 is 0 Å². The Hall–Kier alpha value is -2.04. The van der Waals surface area contributed by atoms with Gasteiger partial charge in [-0.2, -0.15) is 0 Å². The molecular weight excluding hydrogens is 335 g/mol. The number of carbonyl (C=O) groups excluding carboxylic acids is 2. The van der Waals surface area contributed by atoms with E-state index in [-0.39, 0.29) is 5.91 Å². The van der Waals surface area contributed by atoms with E-state index in [1.807, 2.05) is 32.0 Å². The highest BCUT2D eigenvalue weighted by molar-refractivity contribution is 6.35. The van der Waals surface area contributed by atoms with Crippen LogP contribution in [0.1, 0.15) is 22.7 Å². The summed E-state index contributed by atoms with van der Waals surface area (Å²) in [4.78, 5) is 23.5. The zero-order chi connectivity index (χ0) is 17.0. The third-order valence-electron chi connectivity index (χ3n) is 3.50. The molecule has 0 aliphatic rings. The van der Waals surface area contributed by atoms with Crippen LogP contribution in [0.4, 0.5) is 5.69 Å². The number of aryl methyl sites for hydroxylation is 2. The lowest BCUT2D eigenvalue weighted by atomic mass is 10.0. The molecule has 0 saturated heterocycles. The van der Waals surface area contributed by atoms with E-state index >= 15 is 0 Å². The third-order valence-corrected chi connectivity index (χ3v) is 4.06. The number of amides is 2. The molecule has 2 aromatic rings. The molecule has 0 radical (unpaired) electrons. The Morgan fingerprint density at radius 1 is 1.13 bits per heavy atom. The van der Waals surface area contributed by atoms with Crippen molar-refractivity contribution in [1.82, 2.24) is 5.32 Å². The largest absolute Gasteiger partial charge is 0.343 e. The lowest BCUT2D eigenvalue weighted by molar-refractivity contribution is -0.121. The standard InChI is InChI=1S/C17H16Cl2N2O2/c1-10-4-3-5-11(2)15(10)21-17(23)16(20-9-22)13-7-6-12(18)8-14(13)19/h3-9,16H,1-2H3,(H,20,22)(H,21,23)/t16-/m0/s1. The van der Waals surface area contributed by atoms with Crippen molar-refractivity contribution in [2.75, 3.05) is 5.32 Å². The Morgan fingerprint density at radius 3 is 2.35 bits per heavy atom. The molecule has 0 aromatic heterocycles. The second-order valence-electron chi connectivity index (χ2n) is 5.14. The highest BCUT2D eigenvalue weighted by Crippen LogP contribution is 2.28. The molecule has 0 bridgehead atoms. The predicted molar refractivity (Wildman–Crippen MR) is 92.9 cm³/mol. The first-order chi connectivity index (χ1) is 10.9. The van der Waals surface area contributed by atoms with E-state index in [0.29, 0.717) is 22.0 Å². The summed E-state index contributed by atoms with van der Waals surface area (Å²) < 4.78 is 0. The molecule has 0 unspecified atom stereocenters. The monoisotopic (exact) mass is 350 g/mol.